The average molecular weight is 477 g/mol. The highest BCUT2D eigenvalue weighted by Gasteiger charge is 2.35. The van der Waals surface area contributed by atoms with E-state index < -0.39 is 42.1 Å². The number of amides is 2. The lowest BCUT2D eigenvalue weighted by Crippen LogP contribution is -2.36. The largest absolute Gasteiger partial charge is 0.391 e. The Morgan fingerprint density at radius 3 is 2.62 bits per heavy atom. The smallest absolute Gasteiger partial charge is 0.346 e. The summed E-state index contributed by atoms with van der Waals surface area (Å²) in [5.74, 6) is -4.03. The summed E-state index contributed by atoms with van der Waals surface area (Å²) >= 11 is 0. The minimum atomic E-state index is -4.66. The summed E-state index contributed by atoms with van der Waals surface area (Å²) in [7, 11) is 1.40. The van der Waals surface area contributed by atoms with E-state index in [9.17, 15) is 31.9 Å². The Morgan fingerprint density at radius 2 is 2.00 bits per heavy atom. The summed E-state index contributed by atoms with van der Waals surface area (Å²) in [6.45, 7) is 0. The molecule has 3 rings (SSSR count). The van der Waals surface area contributed by atoms with Gasteiger partial charge in [0.05, 0.1) is 24.2 Å². The zero-order chi connectivity index (χ0) is 25.0. The molecule has 2 aromatic heterocycles. The maximum absolute atomic E-state index is 13.4. The second-order valence-corrected chi connectivity index (χ2v) is 7.05. The molecule has 0 aliphatic rings. The molecule has 176 valence electrons. The monoisotopic (exact) mass is 477 g/mol. The molecule has 1 atom stereocenters. The van der Waals surface area contributed by atoms with Crippen molar-refractivity contribution in [1.29, 1.82) is 5.26 Å². The van der Waals surface area contributed by atoms with E-state index in [0.29, 0.717) is 0 Å². The number of alkyl halides is 3. The molecule has 0 bridgehead atoms. The van der Waals surface area contributed by atoms with Crippen LogP contribution in [0.5, 0.6) is 0 Å². The normalized spacial score (nSPS) is 12.0. The van der Waals surface area contributed by atoms with Gasteiger partial charge in [-0.15, -0.1) is 0 Å². The van der Waals surface area contributed by atoms with Crippen molar-refractivity contribution >= 4 is 23.3 Å². The van der Waals surface area contributed by atoms with Crippen molar-refractivity contribution in [3.05, 3.63) is 65.0 Å². The van der Waals surface area contributed by atoms with Crippen molar-refractivity contribution in [2.75, 3.05) is 5.32 Å². The quantitative estimate of drug-likeness (QED) is 0.271. The van der Waals surface area contributed by atoms with Crippen LogP contribution < -0.4 is 10.6 Å². The predicted octanol–water partition coefficient (Wildman–Crippen LogP) is 2.40. The van der Waals surface area contributed by atoms with Crippen LogP contribution in [0, 0.1) is 17.1 Å². The fraction of sp³-hybridized carbons (Fsp3) is 0.200. The fourth-order valence-corrected chi connectivity index (χ4v) is 2.99. The Kier molecular flexibility index (Phi) is 6.76. The molecule has 1 aromatic carbocycles. The predicted molar refractivity (Wildman–Crippen MR) is 107 cm³/mol. The van der Waals surface area contributed by atoms with Crippen molar-refractivity contribution in [3.63, 3.8) is 0 Å². The average Bonchev–Trinajstić information content (AvgIpc) is 3.43. The second kappa shape index (κ2) is 9.53. The summed E-state index contributed by atoms with van der Waals surface area (Å²) in [4.78, 5) is 37.4. The lowest BCUT2D eigenvalue weighted by Gasteiger charge is -2.17. The Balaban J connectivity index is 1.75. The highest BCUT2D eigenvalue weighted by molar-refractivity contribution is 6.43. The van der Waals surface area contributed by atoms with Gasteiger partial charge in [-0.2, -0.15) is 33.8 Å². The number of hydrogen-bond acceptors (Lipinski definition) is 6. The summed E-state index contributed by atoms with van der Waals surface area (Å²) < 4.78 is 53.3. The van der Waals surface area contributed by atoms with E-state index in [2.05, 4.69) is 20.7 Å². The number of aromatic amines is 1. The second-order valence-electron chi connectivity index (χ2n) is 7.05. The molecule has 34 heavy (non-hydrogen) atoms. The number of benzene rings is 1. The van der Waals surface area contributed by atoms with Crippen LogP contribution in [0.2, 0.25) is 0 Å². The number of aromatic nitrogens is 4. The van der Waals surface area contributed by atoms with Crippen molar-refractivity contribution in [2.24, 2.45) is 7.05 Å². The van der Waals surface area contributed by atoms with Crippen LogP contribution in [0.25, 0.3) is 0 Å². The molecule has 10 nitrogen and oxygen atoms in total. The number of carbonyl (C=O) groups is 3. The molecule has 0 aliphatic heterocycles. The van der Waals surface area contributed by atoms with Crippen molar-refractivity contribution in [3.8, 4) is 6.07 Å². The molecule has 3 N–H and O–H groups in total. The number of nitrogens with one attached hydrogen (secondary N) is 3. The van der Waals surface area contributed by atoms with Gasteiger partial charge in [-0.25, -0.2) is 4.39 Å². The molecule has 2 amide bonds. The molecule has 0 saturated heterocycles. The lowest BCUT2D eigenvalue weighted by molar-refractivity contribution is -0.142. The number of hydrogen-bond donors (Lipinski definition) is 3. The number of aryl methyl sites for hydroxylation is 1. The molecular formula is C20H15F4N7O3. The summed E-state index contributed by atoms with van der Waals surface area (Å²) in [5.41, 5.74) is -0.743. The van der Waals surface area contributed by atoms with E-state index >= 15 is 0 Å². The molecule has 3 aromatic rings. The standard InChI is InChI=1S/C20H15F4N7O3/c1-31-9-11(5-16(31)18(33)27-12-2-3-13(21)10(4-12)7-25)17(32)19(34)28-14(6-20(22,23)24)15-8-26-30-29-15/h2-5,8-9,14H,6H2,1H3,(H,27,33)(H,28,34)(H,26,29,30). The maximum Gasteiger partial charge on any atom is 0.391 e. The third-order valence-electron chi connectivity index (χ3n) is 4.58. The zero-order valence-electron chi connectivity index (χ0n) is 17.3. The third kappa shape index (κ3) is 5.63. The zero-order valence-corrected chi connectivity index (χ0v) is 17.3. The number of ketones is 1. The number of Topliss-reactive ketones (excluding diaryl/α,β-unsaturated/α-hetero) is 1. The van der Waals surface area contributed by atoms with Gasteiger partial charge >= 0.3 is 6.18 Å². The molecule has 0 spiro atoms. The van der Waals surface area contributed by atoms with E-state index in [-0.39, 0.29) is 28.2 Å². The SMILES string of the molecule is Cn1cc(C(=O)C(=O)NC(CC(F)(F)F)c2cn[nH]n2)cc1C(=O)Nc1ccc(F)c(C#N)c1. The van der Waals surface area contributed by atoms with Gasteiger partial charge in [-0.05, 0) is 24.3 Å². The Bertz CT molecular complexity index is 1280. The third-order valence-corrected chi connectivity index (χ3v) is 4.58. The van der Waals surface area contributed by atoms with E-state index in [1.54, 1.807) is 6.07 Å². The van der Waals surface area contributed by atoms with Crippen LogP contribution in [0.15, 0.2) is 36.7 Å². The molecule has 2 heterocycles. The topological polar surface area (TPSA) is 146 Å². The lowest BCUT2D eigenvalue weighted by atomic mass is 10.1. The van der Waals surface area contributed by atoms with Crippen molar-refractivity contribution in [2.45, 2.75) is 18.6 Å². The summed E-state index contributed by atoms with van der Waals surface area (Å²) in [6, 6.07) is 4.37. The Hall–Kier alpha value is -4.54. The van der Waals surface area contributed by atoms with Crippen LogP contribution in [0.3, 0.4) is 0 Å². The van der Waals surface area contributed by atoms with Crippen LogP contribution >= 0.6 is 0 Å². The van der Waals surface area contributed by atoms with E-state index in [1.807, 2.05) is 5.32 Å². The van der Waals surface area contributed by atoms with Crippen LogP contribution in [0.1, 0.15) is 44.6 Å². The van der Waals surface area contributed by atoms with Gasteiger partial charge in [0, 0.05) is 24.5 Å². The van der Waals surface area contributed by atoms with Gasteiger partial charge < -0.3 is 15.2 Å². The van der Waals surface area contributed by atoms with E-state index in [0.717, 1.165) is 30.6 Å². The van der Waals surface area contributed by atoms with Gasteiger partial charge in [-0.3, -0.25) is 14.4 Å². The minimum Gasteiger partial charge on any atom is -0.346 e. The number of rotatable bonds is 7. The van der Waals surface area contributed by atoms with Crippen LogP contribution in [-0.4, -0.2) is 43.8 Å². The molecule has 14 heteroatoms. The highest BCUT2D eigenvalue weighted by atomic mass is 19.4. The van der Waals surface area contributed by atoms with Gasteiger partial charge in [0.2, 0.25) is 0 Å². The number of halogens is 4. The Labute approximate surface area is 188 Å². The first-order chi connectivity index (χ1) is 16.0. The molecule has 1 unspecified atom stereocenters. The number of H-pyrrole nitrogens is 1. The minimum absolute atomic E-state index is 0.0812. The number of nitriles is 1. The van der Waals surface area contributed by atoms with Crippen LogP contribution in [0.4, 0.5) is 23.2 Å². The first kappa shape index (κ1) is 24.1. The van der Waals surface area contributed by atoms with E-state index in [1.165, 1.54) is 17.7 Å². The highest BCUT2D eigenvalue weighted by Crippen LogP contribution is 2.28. The number of anilines is 1. The van der Waals surface area contributed by atoms with Crippen molar-refractivity contribution < 1.29 is 31.9 Å². The van der Waals surface area contributed by atoms with Gasteiger partial charge in [-0.1, -0.05) is 0 Å². The molecule has 0 fully saturated rings. The molecule has 0 radical (unpaired) electrons. The molecular weight excluding hydrogens is 462 g/mol. The van der Waals surface area contributed by atoms with Gasteiger partial charge in [0.1, 0.15) is 23.3 Å². The van der Waals surface area contributed by atoms with Crippen molar-refractivity contribution in [1.82, 2.24) is 25.3 Å². The first-order valence-corrected chi connectivity index (χ1v) is 9.43. The number of carbonyl (C=O) groups excluding carboxylic acids is 3. The van der Waals surface area contributed by atoms with Gasteiger partial charge in [0.25, 0.3) is 17.6 Å². The summed E-state index contributed by atoms with van der Waals surface area (Å²) in [6.07, 6.45) is -4.01. The molecule has 0 saturated carbocycles. The van der Waals surface area contributed by atoms with E-state index in [4.69, 9.17) is 5.26 Å². The Morgan fingerprint density at radius 1 is 1.26 bits per heavy atom. The van der Waals surface area contributed by atoms with Crippen LogP contribution in [-0.2, 0) is 11.8 Å². The fourth-order valence-electron chi connectivity index (χ4n) is 2.99. The van der Waals surface area contributed by atoms with Gasteiger partial charge in [0.15, 0.2) is 0 Å². The number of nitrogens with zero attached hydrogens (tertiary/aromatic N) is 4. The summed E-state index contributed by atoms with van der Waals surface area (Å²) in [5, 5.41) is 22.4. The maximum atomic E-state index is 13.4. The first-order valence-electron chi connectivity index (χ1n) is 9.43. The molecule has 0 aliphatic carbocycles.